The van der Waals surface area contributed by atoms with Crippen LogP contribution >= 0.6 is 0 Å². The molecule has 0 aliphatic heterocycles. The van der Waals surface area contributed by atoms with Gasteiger partial charge in [0.05, 0.1) is 28.4 Å². The minimum Gasteiger partial charge on any atom is -0.496 e. The normalized spacial score (nSPS) is 10.6. The summed E-state index contributed by atoms with van der Waals surface area (Å²) in [4.78, 5) is 0. The summed E-state index contributed by atoms with van der Waals surface area (Å²) >= 11 is 0. The fourth-order valence-electron chi connectivity index (χ4n) is 3.29. The van der Waals surface area contributed by atoms with Crippen LogP contribution in [-0.2, 0) is 12.8 Å². The Kier molecular flexibility index (Phi) is 8.97. The van der Waals surface area contributed by atoms with Gasteiger partial charge in [-0.2, -0.15) is 0 Å². The Morgan fingerprint density at radius 2 is 0.931 bits per heavy atom. The van der Waals surface area contributed by atoms with E-state index in [2.05, 4.69) is 13.8 Å². The second-order valence-electron chi connectivity index (χ2n) is 6.92. The van der Waals surface area contributed by atoms with Crippen molar-refractivity contribution in [2.45, 2.75) is 52.4 Å². The van der Waals surface area contributed by atoms with Gasteiger partial charge < -0.3 is 23.7 Å². The molecule has 0 unspecified atom stereocenters. The maximum absolute atomic E-state index is 6.48. The van der Waals surface area contributed by atoms with E-state index in [1.165, 1.54) is 0 Å². The number of hydrogen-bond donors (Lipinski definition) is 0. The zero-order chi connectivity index (χ0) is 21.2. The van der Waals surface area contributed by atoms with Gasteiger partial charge in [0, 0.05) is 35.4 Å². The van der Waals surface area contributed by atoms with E-state index in [0.717, 1.165) is 72.6 Å². The zero-order valence-electron chi connectivity index (χ0n) is 18.6. The molecule has 0 bridgehead atoms. The van der Waals surface area contributed by atoms with E-state index in [1.807, 2.05) is 24.3 Å². The molecule has 0 saturated heterocycles. The van der Waals surface area contributed by atoms with Gasteiger partial charge in [0.25, 0.3) is 0 Å². The van der Waals surface area contributed by atoms with E-state index in [4.69, 9.17) is 23.7 Å². The zero-order valence-corrected chi connectivity index (χ0v) is 18.6. The highest BCUT2D eigenvalue weighted by atomic mass is 16.5. The van der Waals surface area contributed by atoms with Gasteiger partial charge >= 0.3 is 0 Å². The topological polar surface area (TPSA) is 46.2 Å². The van der Waals surface area contributed by atoms with Crippen LogP contribution < -0.4 is 23.7 Å². The van der Waals surface area contributed by atoms with Crippen LogP contribution in [0.4, 0.5) is 0 Å². The summed E-state index contributed by atoms with van der Waals surface area (Å²) in [5, 5.41) is 0. The van der Waals surface area contributed by atoms with Crippen LogP contribution in [0, 0.1) is 0 Å². The molecule has 0 fully saturated rings. The molecule has 0 saturated carbocycles. The van der Waals surface area contributed by atoms with Crippen molar-refractivity contribution in [2.75, 3.05) is 28.4 Å². The molecule has 2 aromatic carbocycles. The molecule has 0 amide bonds. The summed E-state index contributed by atoms with van der Waals surface area (Å²) in [7, 11) is 6.64. The molecule has 0 N–H and O–H groups in total. The molecule has 5 nitrogen and oxygen atoms in total. The Morgan fingerprint density at radius 3 is 1.24 bits per heavy atom. The predicted molar refractivity (Wildman–Crippen MR) is 116 cm³/mol. The first kappa shape index (κ1) is 22.7. The van der Waals surface area contributed by atoms with Crippen LogP contribution in [0.15, 0.2) is 24.3 Å². The smallest absolute Gasteiger partial charge is 0.138 e. The molecule has 2 aromatic rings. The molecule has 0 spiro atoms. The number of methoxy groups -OCH3 is 4. The Labute approximate surface area is 174 Å². The Morgan fingerprint density at radius 1 is 0.552 bits per heavy atom. The monoisotopic (exact) mass is 402 g/mol. The maximum atomic E-state index is 6.48. The number of rotatable bonds is 12. The van der Waals surface area contributed by atoms with Crippen molar-refractivity contribution in [3.63, 3.8) is 0 Å². The molecule has 0 aromatic heterocycles. The largest absolute Gasteiger partial charge is 0.496 e. The lowest BCUT2D eigenvalue weighted by atomic mass is 10.0. The van der Waals surface area contributed by atoms with Crippen LogP contribution in [0.3, 0.4) is 0 Å². The molecular formula is C24H34O5. The minimum atomic E-state index is 0.696. The SMILES string of the molecule is CCCCc1c(OC)cc(OC)cc1Oc1cc(OC)cc(OC)c1CCCC. The second-order valence-corrected chi connectivity index (χ2v) is 6.92. The van der Waals surface area contributed by atoms with Gasteiger partial charge in [-0.3, -0.25) is 0 Å². The van der Waals surface area contributed by atoms with E-state index in [0.29, 0.717) is 11.5 Å². The fourth-order valence-corrected chi connectivity index (χ4v) is 3.29. The van der Waals surface area contributed by atoms with Gasteiger partial charge in [0.1, 0.15) is 34.5 Å². The number of benzene rings is 2. The summed E-state index contributed by atoms with van der Waals surface area (Å²) in [5.74, 6) is 4.42. The Hall–Kier alpha value is -2.56. The number of hydrogen-bond acceptors (Lipinski definition) is 5. The van der Waals surface area contributed by atoms with Crippen molar-refractivity contribution < 1.29 is 23.7 Å². The highest BCUT2D eigenvalue weighted by Gasteiger charge is 2.19. The highest BCUT2D eigenvalue weighted by Crippen LogP contribution is 2.42. The first-order valence-electron chi connectivity index (χ1n) is 10.3. The van der Waals surface area contributed by atoms with E-state index in [1.54, 1.807) is 28.4 Å². The average Bonchev–Trinajstić information content (AvgIpc) is 2.76. The first-order valence-corrected chi connectivity index (χ1v) is 10.3. The van der Waals surface area contributed by atoms with Crippen LogP contribution in [0.2, 0.25) is 0 Å². The van der Waals surface area contributed by atoms with Crippen molar-refractivity contribution in [1.29, 1.82) is 0 Å². The predicted octanol–water partition coefficient (Wildman–Crippen LogP) is 6.20. The van der Waals surface area contributed by atoms with Crippen molar-refractivity contribution in [2.24, 2.45) is 0 Å². The summed E-state index contributed by atoms with van der Waals surface area (Å²) in [6.45, 7) is 4.35. The van der Waals surface area contributed by atoms with Gasteiger partial charge in [-0.1, -0.05) is 26.7 Å². The third-order valence-electron chi connectivity index (χ3n) is 4.97. The van der Waals surface area contributed by atoms with Crippen LogP contribution in [-0.4, -0.2) is 28.4 Å². The Bertz CT molecular complexity index is 720. The van der Waals surface area contributed by atoms with E-state index in [9.17, 15) is 0 Å². The molecule has 2 rings (SSSR count). The van der Waals surface area contributed by atoms with Gasteiger partial charge in [0.2, 0.25) is 0 Å². The van der Waals surface area contributed by atoms with Gasteiger partial charge in [0.15, 0.2) is 0 Å². The lowest BCUT2D eigenvalue weighted by Crippen LogP contribution is -2.02. The van der Waals surface area contributed by atoms with Gasteiger partial charge in [-0.15, -0.1) is 0 Å². The van der Waals surface area contributed by atoms with Crippen molar-refractivity contribution in [3.8, 4) is 34.5 Å². The van der Waals surface area contributed by atoms with Crippen LogP contribution in [0.1, 0.15) is 50.7 Å². The standard InChI is InChI=1S/C24H34O5/c1-7-9-11-19-21(27-5)13-17(25-3)15-23(19)29-24-16-18(26-4)14-22(28-6)20(24)12-10-8-2/h13-16H,7-12H2,1-6H3. The minimum absolute atomic E-state index is 0.696. The third-order valence-corrected chi connectivity index (χ3v) is 4.97. The van der Waals surface area contributed by atoms with Crippen molar-refractivity contribution >= 4 is 0 Å². The van der Waals surface area contributed by atoms with Crippen molar-refractivity contribution in [3.05, 3.63) is 35.4 Å². The molecule has 0 aliphatic carbocycles. The van der Waals surface area contributed by atoms with E-state index < -0.39 is 0 Å². The summed E-state index contributed by atoms with van der Waals surface area (Å²) in [6.07, 6.45) is 5.99. The molecular weight excluding hydrogens is 368 g/mol. The van der Waals surface area contributed by atoms with Crippen LogP contribution in [0.25, 0.3) is 0 Å². The maximum Gasteiger partial charge on any atom is 0.138 e. The molecule has 0 heterocycles. The molecule has 5 heteroatoms. The molecule has 0 radical (unpaired) electrons. The number of unbranched alkanes of at least 4 members (excludes halogenated alkanes) is 2. The lowest BCUT2D eigenvalue weighted by molar-refractivity contribution is 0.371. The summed E-state index contributed by atoms with van der Waals surface area (Å²) in [6, 6.07) is 7.65. The first-order chi connectivity index (χ1) is 14.1. The molecule has 160 valence electrons. The number of ether oxygens (including phenoxy) is 5. The van der Waals surface area contributed by atoms with Gasteiger partial charge in [-0.05, 0) is 25.7 Å². The quantitative estimate of drug-likeness (QED) is 0.423. The second kappa shape index (κ2) is 11.4. The lowest BCUT2D eigenvalue weighted by Gasteiger charge is -2.20. The molecule has 29 heavy (non-hydrogen) atoms. The molecule has 0 atom stereocenters. The molecule has 0 aliphatic rings. The average molecular weight is 403 g/mol. The van der Waals surface area contributed by atoms with Crippen LogP contribution in [0.5, 0.6) is 34.5 Å². The van der Waals surface area contributed by atoms with E-state index in [-0.39, 0.29) is 0 Å². The van der Waals surface area contributed by atoms with Crippen molar-refractivity contribution in [1.82, 2.24) is 0 Å². The fraction of sp³-hybridized carbons (Fsp3) is 0.500. The van der Waals surface area contributed by atoms with Gasteiger partial charge in [-0.25, -0.2) is 0 Å². The summed E-state index contributed by atoms with van der Waals surface area (Å²) in [5.41, 5.74) is 2.08. The third kappa shape index (κ3) is 5.72. The Balaban J connectivity index is 2.58. The van der Waals surface area contributed by atoms with E-state index >= 15 is 0 Å². The summed E-state index contributed by atoms with van der Waals surface area (Å²) < 4.78 is 28.7. The highest BCUT2D eigenvalue weighted by molar-refractivity contribution is 5.56.